The molecule has 0 radical (unpaired) electrons. The van der Waals surface area contributed by atoms with Gasteiger partial charge in [-0.2, -0.15) is 0 Å². The third kappa shape index (κ3) is 1.75. The van der Waals surface area contributed by atoms with Crippen molar-refractivity contribution in [2.24, 2.45) is 0 Å². The fraction of sp³-hybridized carbons (Fsp3) is 0.500. The normalized spacial score (nSPS) is 16.0. The number of nitrogens with zero attached hydrogens (tertiary/aromatic N) is 2. The van der Waals surface area contributed by atoms with Crippen LogP contribution in [0.25, 0.3) is 0 Å². The van der Waals surface area contributed by atoms with E-state index in [1.165, 1.54) is 6.92 Å². The van der Waals surface area contributed by atoms with Gasteiger partial charge in [-0.05, 0) is 6.92 Å². The summed E-state index contributed by atoms with van der Waals surface area (Å²) in [4.78, 5) is 33.3. The van der Waals surface area contributed by atoms with Crippen LogP contribution in [0, 0.1) is 0 Å². The molecule has 1 aliphatic rings. The molecular weight excluding hydrogens is 178 g/mol. The van der Waals surface area contributed by atoms with E-state index in [0.29, 0.717) is 9.96 Å². The summed E-state index contributed by atoms with van der Waals surface area (Å²) in [6.07, 6.45) is 0. The van der Waals surface area contributed by atoms with Gasteiger partial charge in [0.15, 0.2) is 0 Å². The van der Waals surface area contributed by atoms with E-state index >= 15 is 0 Å². The van der Waals surface area contributed by atoms with Gasteiger partial charge >= 0.3 is 12.1 Å². The van der Waals surface area contributed by atoms with Crippen molar-refractivity contribution >= 4 is 18.0 Å². The number of amides is 5. The molecule has 0 atom stereocenters. The Morgan fingerprint density at radius 2 is 2.31 bits per heavy atom. The van der Waals surface area contributed by atoms with Crippen LogP contribution in [0.1, 0.15) is 6.92 Å². The summed E-state index contributed by atoms with van der Waals surface area (Å²) in [6, 6.07) is -1.70. The van der Waals surface area contributed by atoms with Crippen molar-refractivity contribution in [3.63, 3.8) is 0 Å². The van der Waals surface area contributed by atoms with Crippen LogP contribution >= 0.6 is 0 Å². The predicted octanol–water partition coefficient (Wildman–Crippen LogP) is -0.631. The van der Waals surface area contributed by atoms with Crippen LogP contribution in [-0.4, -0.2) is 46.2 Å². The molecule has 7 nitrogen and oxygen atoms in total. The van der Waals surface area contributed by atoms with Crippen LogP contribution < -0.4 is 5.32 Å². The molecule has 1 saturated heterocycles. The standard InChI is InChI=1S/C6H9N3O4/c1-2-9(13)6(12)8-3-4(10)7-5(8)11/h13H,2-3H2,1H3,(H,7,10,11). The lowest BCUT2D eigenvalue weighted by Gasteiger charge is -2.17. The van der Waals surface area contributed by atoms with Crippen molar-refractivity contribution in [3.8, 4) is 0 Å². The molecule has 72 valence electrons. The first-order valence-corrected chi connectivity index (χ1v) is 3.68. The van der Waals surface area contributed by atoms with Gasteiger partial charge < -0.3 is 0 Å². The zero-order valence-electron chi connectivity index (χ0n) is 6.98. The van der Waals surface area contributed by atoms with Crippen LogP contribution in [0.4, 0.5) is 9.59 Å². The number of rotatable bonds is 1. The molecule has 0 aromatic carbocycles. The summed E-state index contributed by atoms with van der Waals surface area (Å²) >= 11 is 0. The van der Waals surface area contributed by atoms with Gasteiger partial charge in [0.25, 0.3) is 0 Å². The Labute approximate surface area is 73.9 Å². The maximum absolute atomic E-state index is 11.1. The van der Waals surface area contributed by atoms with Gasteiger partial charge in [-0.25, -0.2) is 19.6 Å². The van der Waals surface area contributed by atoms with Gasteiger partial charge in [0.2, 0.25) is 5.91 Å². The van der Waals surface area contributed by atoms with E-state index in [-0.39, 0.29) is 13.1 Å². The minimum Gasteiger partial charge on any atom is -0.284 e. The molecule has 0 aliphatic carbocycles. The average Bonchev–Trinajstić information content (AvgIpc) is 2.42. The first-order chi connectivity index (χ1) is 6.06. The molecular formula is C6H9N3O4. The molecule has 1 rings (SSSR count). The van der Waals surface area contributed by atoms with Crippen LogP contribution in [0.5, 0.6) is 0 Å². The van der Waals surface area contributed by atoms with Gasteiger partial charge in [0.05, 0.1) is 0 Å². The second-order valence-electron chi connectivity index (χ2n) is 2.44. The fourth-order valence-electron chi connectivity index (χ4n) is 0.871. The summed E-state index contributed by atoms with van der Waals surface area (Å²) in [5.74, 6) is -0.553. The van der Waals surface area contributed by atoms with Crippen molar-refractivity contribution in [1.29, 1.82) is 0 Å². The minimum absolute atomic E-state index is 0.0524. The van der Waals surface area contributed by atoms with Gasteiger partial charge in [-0.1, -0.05) is 0 Å². The number of hydroxylamine groups is 2. The molecule has 0 spiro atoms. The molecule has 2 N–H and O–H groups in total. The van der Waals surface area contributed by atoms with E-state index in [9.17, 15) is 14.4 Å². The maximum Gasteiger partial charge on any atom is 0.352 e. The van der Waals surface area contributed by atoms with Crippen molar-refractivity contribution in [1.82, 2.24) is 15.3 Å². The molecule has 1 heterocycles. The molecule has 5 amide bonds. The second kappa shape index (κ2) is 3.40. The van der Waals surface area contributed by atoms with Crippen LogP contribution in [0.15, 0.2) is 0 Å². The van der Waals surface area contributed by atoms with Crippen molar-refractivity contribution in [2.45, 2.75) is 6.92 Å². The first kappa shape index (κ1) is 9.46. The SMILES string of the molecule is CCN(O)C(=O)N1CC(=O)NC1=O. The summed E-state index contributed by atoms with van der Waals surface area (Å²) < 4.78 is 0. The van der Waals surface area contributed by atoms with Gasteiger partial charge in [0.1, 0.15) is 6.54 Å². The largest absolute Gasteiger partial charge is 0.352 e. The minimum atomic E-state index is -0.897. The van der Waals surface area contributed by atoms with E-state index in [4.69, 9.17) is 5.21 Å². The zero-order valence-corrected chi connectivity index (χ0v) is 6.98. The summed E-state index contributed by atoms with van der Waals surface area (Å²) in [6.45, 7) is 1.25. The Kier molecular flexibility index (Phi) is 2.47. The molecule has 13 heavy (non-hydrogen) atoms. The Hall–Kier alpha value is -1.63. The lowest BCUT2D eigenvalue weighted by atomic mass is 10.6. The van der Waals surface area contributed by atoms with Crippen LogP contribution in [0.2, 0.25) is 0 Å². The highest BCUT2D eigenvalue weighted by atomic mass is 16.5. The molecule has 0 saturated carbocycles. The van der Waals surface area contributed by atoms with Gasteiger partial charge in [0, 0.05) is 6.54 Å². The van der Waals surface area contributed by atoms with Gasteiger partial charge in [-0.3, -0.25) is 15.3 Å². The zero-order chi connectivity index (χ0) is 10.0. The highest BCUT2D eigenvalue weighted by Gasteiger charge is 2.34. The maximum atomic E-state index is 11.1. The molecule has 7 heteroatoms. The third-order valence-corrected chi connectivity index (χ3v) is 1.54. The topological polar surface area (TPSA) is 89.9 Å². The monoisotopic (exact) mass is 187 g/mol. The molecule has 0 aromatic rings. The number of hydrogen-bond acceptors (Lipinski definition) is 4. The molecule has 0 bridgehead atoms. The van der Waals surface area contributed by atoms with E-state index in [1.807, 2.05) is 5.32 Å². The number of nitrogens with one attached hydrogen (secondary N) is 1. The Morgan fingerprint density at radius 1 is 1.69 bits per heavy atom. The number of carbonyl (C=O) groups is 3. The van der Waals surface area contributed by atoms with E-state index in [1.54, 1.807) is 0 Å². The third-order valence-electron chi connectivity index (χ3n) is 1.54. The summed E-state index contributed by atoms with van der Waals surface area (Å²) in [5, 5.41) is 11.2. The second-order valence-corrected chi connectivity index (χ2v) is 2.44. The van der Waals surface area contributed by atoms with Crippen molar-refractivity contribution in [3.05, 3.63) is 0 Å². The van der Waals surface area contributed by atoms with E-state index in [2.05, 4.69) is 0 Å². The Balaban J connectivity index is 2.67. The lowest BCUT2D eigenvalue weighted by molar-refractivity contribution is -0.118. The number of urea groups is 2. The summed E-state index contributed by atoms with van der Waals surface area (Å²) in [7, 11) is 0. The van der Waals surface area contributed by atoms with Crippen LogP contribution in [-0.2, 0) is 4.79 Å². The quantitative estimate of drug-likeness (QED) is 0.325. The van der Waals surface area contributed by atoms with Crippen LogP contribution in [0.3, 0.4) is 0 Å². The van der Waals surface area contributed by atoms with Crippen molar-refractivity contribution < 1.29 is 19.6 Å². The molecule has 0 unspecified atom stereocenters. The lowest BCUT2D eigenvalue weighted by Crippen LogP contribution is -2.43. The van der Waals surface area contributed by atoms with E-state index < -0.39 is 18.0 Å². The number of imide groups is 2. The molecule has 1 aliphatic heterocycles. The Bertz CT molecular complexity index is 265. The highest BCUT2D eigenvalue weighted by molar-refractivity contribution is 6.09. The fourth-order valence-corrected chi connectivity index (χ4v) is 0.871. The number of hydrogen-bond donors (Lipinski definition) is 2. The van der Waals surface area contributed by atoms with Crippen molar-refractivity contribution in [2.75, 3.05) is 13.1 Å². The van der Waals surface area contributed by atoms with E-state index in [0.717, 1.165) is 0 Å². The predicted molar refractivity (Wildman–Crippen MR) is 39.8 cm³/mol. The highest BCUT2D eigenvalue weighted by Crippen LogP contribution is 2.02. The average molecular weight is 187 g/mol. The van der Waals surface area contributed by atoms with Gasteiger partial charge in [-0.15, -0.1) is 0 Å². The summed E-state index contributed by atoms with van der Waals surface area (Å²) in [5.41, 5.74) is 0. The Morgan fingerprint density at radius 3 is 2.69 bits per heavy atom. The first-order valence-electron chi connectivity index (χ1n) is 3.68. The number of carbonyl (C=O) groups excluding carboxylic acids is 3. The molecule has 0 aromatic heterocycles. The smallest absolute Gasteiger partial charge is 0.284 e. The molecule has 1 fully saturated rings.